The number of hydrogen-bond donors (Lipinski definition) is 1. The maximum absolute atomic E-state index is 12.1. The Kier molecular flexibility index (Phi) is 6.80. The third-order valence-electron chi connectivity index (χ3n) is 2.52. The molecule has 0 saturated heterocycles. The summed E-state index contributed by atoms with van der Waals surface area (Å²) < 4.78 is 25.6. The van der Waals surface area contributed by atoms with Crippen molar-refractivity contribution < 1.29 is 18.3 Å². The van der Waals surface area contributed by atoms with E-state index in [0.29, 0.717) is 19.6 Å². The van der Waals surface area contributed by atoms with E-state index in [1.54, 1.807) is 0 Å². The first-order valence-electron chi connectivity index (χ1n) is 5.95. The highest BCUT2D eigenvalue weighted by atomic mass is 32.2. The summed E-state index contributed by atoms with van der Waals surface area (Å²) in [5.41, 5.74) is 0. The SMILES string of the molecule is CC(C)CN(CCN(C)C)S(=O)(=O)C(C)C(=O)O. The van der Waals surface area contributed by atoms with Gasteiger partial charge in [0.25, 0.3) is 0 Å². The molecule has 0 rings (SSSR count). The molecule has 0 aliphatic carbocycles. The van der Waals surface area contributed by atoms with Crippen LogP contribution in [0.2, 0.25) is 0 Å². The summed E-state index contributed by atoms with van der Waals surface area (Å²) >= 11 is 0. The van der Waals surface area contributed by atoms with E-state index in [4.69, 9.17) is 5.11 Å². The van der Waals surface area contributed by atoms with Crippen molar-refractivity contribution in [1.29, 1.82) is 0 Å². The molecular weight excluding hydrogens is 256 g/mol. The predicted molar refractivity (Wildman–Crippen MR) is 71.0 cm³/mol. The summed E-state index contributed by atoms with van der Waals surface area (Å²) in [6.45, 7) is 6.24. The third-order valence-corrected chi connectivity index (χ3v) is 4.67. The molecule has 0 heterocycles. The van der Waals surface area contributed by atoms with Crippen molar-refractivity contribution in [3.63, 3.8) is 0 Å². The number of rotatable bonds is 8. The van der Waals surface area contributed by atoms with Gasteiger partial charge in [0.1, 0.15) is 0 Å². The van der Waals surface area contributed by atoms with Gasteiger partial charge >= 0.3 is 5.97 Å². The molecule has 1 atom stereocenters. The lowest BCUT2D eigenvalue weighted by Crippen LogP contribution is -2.45. The normalized spacial score (nSPS) is 14.4. The van der Waals surface area contributed by atoms with Crippen LogP contribution in [0.1, 0.15) is 20.8 Å². The average Bonchev–Trinajstić information content (AvgIpc) is 2.21. The quantitative estimate of drug-likeness (QED) is 0.692. The molecule has 0 amide bonds. The molecule has 18 heavy (non-hydrogen) atoms. The van der Waals surface area contributed by atoms with Crippen LogP contribution in [0.5, 0.6) is 0 Å². The van der Waals surface area contributed by atoms with Gasteiger partial charge in [0, 0.05) is 19.6 Å². The molecule has 0 aromatic heterocycles. The van der Waals surface area contributed by atoms with Gasteiger partial charge in [-0.3, -0.25) is 4.79 Å². The van der Waals surface area contributed by atoms with E-state index in [-0.39, 0.29) is 5.92 Å². The van der Waals surface area contributed by atoms with E-state index in [1.807, 2.05) is 32.8 Å². The predicted octanol–water partition coefficient (Wildman–Crippen LogP) is 0.309. The fourth-order valence-corrected chi connectivity index (χ4v) is 2.94. The Morgan fingerprint density at radius 1 is 1.17 bits per heavy atom. The summed E-state index contributed by atoms with van der Waals surface area (Å²) in [7, 11) is -0.0879. The maximum atomic E-state index is 12.1. The molecule has 0 spiro atoms. The van der Waals surface area contributed by atoms with Crippen LogP contribution in [0, 0.1) is 5.92 Å². The van der Waals surface area contributed by atoms with Crippen LogP contribution < -0.4 is 0 Å². The Balaban J connectivity index is 4.99. The van der Waals surface area contributed by atoms with Gasteiger partial charge in [-0.25, -0.2) is 8.42 Å². The van der Waals surface area contributed by atoms with Gasteiger partial charge in [-0.1, -0.05) is 13.8 Å². The standard InChI is InChI=1S/C11H24N2O4S/c1-9(2)8-13(7-6-12(4)5)18(16,17)10(3)11(14)15/h9-10H,6-8H2,1-5H3,(H,14,15). The fraction of sp³-hybridized carbons (Fsp3) is 0.909. The van der Waals surface area contributed by atoms with Gasteiger partial charge in [-0.2, -0.15) is 4.31 Å². The molecule has 7 heteroatoms. The van der Waals surface area contributed by atoms with Crippen molar-refractivity contribution in [2.24, 2.45) is 5.92 Å². The number of hydrogen-bond acceptors (Lipinski definition) is 4. The van der Waals surface area contributed by atoms with E-state index in [0.717, 1.165) is 0 Å². The minimum absolute atomic E-state index is 0.155. The lowest BCUT2D eigenvalue weighted by atomic mass is 10.2. The number of likely N-dealkylation sites (N-methyl/N-ethyl adjacent to an activating group) is 1. The monoisotopic (exact) mass is 280 g/mol. The zero-order valence-corrected chi connectivity index (χ0v) is 12.6. The Morgan fingerprint density at radius 2 is 1.67 bits per heavy atom. The Bertz CT molecular complexity index is 365. The first-order valence-corrected chi connectivity index (χ1v) is 7.45. The fourth-order valence-electron chi connectivity index (χ4n) is 1.39. The van der Waals surface area contributed by atoms with Crippen LogP contribution in [0.15, 0.2) is 0 Å². The molecular formula is C11H24N2O4S. The number of carbonyl (C=O) groups is 1. The van der Waals surface area contributed by atoms with Crippen LogP contribution in [-0.4, -0.2) is 67.7 Å². The van der Waals surface area contributed by atoms with E-state index in [1.165, 1.54) is 11.2 Å². The van der Waals surface area contributed by atoms with Gasteiger partial charge in [0.05, 0.1) is 0 Å². The van der Waals surface area contributed by atoms with E-state index < -0.39 is 21.2 Å². The number of nitrogens with zero attached hydrogens (tertiary/aromatic N) is 2. The first kappa shape index (κ1) is 17.3. The van der Waals surface area contributed by atoms with Gasteiger partial charge < -0.3 is 10.0 Å². The van der Waals surface area contributed by atoms with Crippen molar-refractivity contribution in [2.75, 3.05) is 33.7 Å². The molecule has 6 nitrogen and oxygen atoms in total. The maximum Gasteiger partial charge on any atom is 0.323 e. The second-order valence-corrected chi connectivity index (χ2v) is 7.33. The van der Waals surface area contributed by atoms with Gasteiger partial charge in [0.15, 0.2) is 5.25 Å². The number of carboxylic acid groups (broad SMARTS) is 1. The zero-order valence-electron chi connectivity index (χ0n) is 11.8. The second-order valence-electron chi connectivity index (χ2n) is 5.08. The second kappa shape index (κ2) is 7.06. The molecule has 0 aliphatic heterocycles. The topological polar surface area (TPSA) is 77.9 Å². The summed E-state index contributed by atoms with van der Waals surface area (Å²) in [6.07, 6.45) is 0. The minimum atomic E-state index is -3.78. The van der Waals surface area contributed by atoms with Crippen LogP contribution in [0.25, 0.3) is 0 Å². The molecule has 0 aromatic carbocycles. The summed E-state index contributed by atoms with van der Waals surface area (Å²) in [5.74, 6) is -1.16. The molecule has 0 aliphatic rings. The highest BCUT2D eigenvalue weighted by Crippen LogP contribution is 2.12. The first-order chi connectivity index (χ1) is 8.09. The highest BCUT2D eigenvalue weighted by Gasteiger charge is 2.33. The van der Waals surface area contributed by atoms with Crippen molar-refractivity contribution >= 4 is 16.0 Å². The lowest BCUT2D eigenvalue weighted by molar-refractivity contribution is -0.136. The molecule has 1 unspecified atom stereocenters. The molecule has 1 N–H and O–H groups in total. The molecule has 108 valence electrons. The van der Waals surface area contributed by atoms with Crippen molar-refractivity contribution in [2.45, 2.75) is 26.0 Å². The third kappa shape index (κ3) is 5.32. The van der Waals surface area contributed by atoms with Crippen LogP contribution in [0.4, 0.5) is 0 Å². The smallest absolute Gasteiger partial charge is 0.323 e. The lowest BCUT2D eigenvalue weighted by Gasteiger charge is -2.26. The minimum Gasteiger partial charge on any atom is -0.480 e. The van der Waals surface area contributed by atoms with Gasteiger partial charge in [-0.05, 0) is 26.9 Å². The molecule has 0 aromatic rings. The Morgan fingerprint density at radius 3 is 2.00 bits per heavy atom. The Hall–Kier alpha value is -0.660. The van der Waals surface area contributed by atoms with E-state index >= 15 is 0 Å². The Labute approximate surface area is 110 Å². The van der Waals surface area contributed by atoms with Crippen molar-refractivity contribution in [1.82, 2.24) is 9.21 Å². The average molecular weight is 280 g/mol. The van der Waals surface area contributed by atoms with Crippen LogP contribution >= 0.6 is 0 Å². The summed E-state index contributed by atoms with van der Waals surface area (Å²) in [5, 5.41) is 7.46. The molecule has 0 saturated carbocycles. The molecule has 0 bridgehead atoms. The van der Waals surface area contributed by atoms with Crippen LogP contribution in [-0.2, 0) is 14.8 Å². The number of carboxylic acids is 1. The summed E-state index contributed by atoms with van der Waals surface area (Å²) in [4.78, 5) is 12.7. The molecule has 0 radical (unpaired) electrons. The molecule has 0 fully saturated rings. The summed E-state index contributed by atoms with van der Waals surface area (Å²) in [6, 6.07) is 0. The van der Waals surface area contributed by atoms with E-state index in [9.17, 15) is 13.2 Å². The van der Waals surface area contributed by atoms with Crippen molar-refractivity contribution in [3.05, 3.63) is 0 Å². The van der Waals surface area contributed by atoms with Crippen molar-refractivity contribution in [3.8, 4) is 0 Å². The van der Waals surface area contributed by atoms with Gasteiger partial charge in [0.2, 0.25) is 10.0 Å². The zero-order chi connectivity index (χ0) is 14.5. The van der Waals surface area contributed by atoms with Crippen LogP contribution in [0.3, 0.4) is 0 Å². The van der Waals surface area contributed by atoms with Gasteiger partial charge in [-0.15, -0.1) is 0 Å². The number of sulfonamides is 1. The highest BCUT2D eigenvalue weighted by molar-refractivity contribution is 7.90. The number of aliphatic carboxylic acids is 1. The van der Waals surface area contributed by atoms with E-state index in [2.05, 4.69) is 0 Å². The largest absolute Gasteiger partial charge is 0.480 e.